The lowest BCUT2D eigenvalue weighted by atomic mass is 9.97. The number of esters is 1. The highest BCUT2D eigenvalue weighted by molar-refractivity contribution is 9.10. The third-order valence-electron chi connectivity index (χ3n) is 12.9. The lowest BCUT2D eigenvalue weighted by molar-refractivity contribution is -0.163. The third-order valence-corrected chi connectivity index (χ3v) is 13.5. The van der Waals surface area contributed by atoms with Gasteiger partial charge in [-0.25, -0.2) is 4.79 Å². The third kappa shape index (κ3) is 15.4. The number of halogens is 1. The van der Waals surface area contributed by atoms with Crippen molar-refractivity contribution >= 4 is 68.2 Å². The molecule has 70 heavy (non-hydrogen) atoms. The van der Waals surface area contributed by atoms with E-state index in [1.165, 1.54) is 37.9 Å². The summed E-state index contributed by atoms with van der Waals surface area (Å²) in [6.07, 6.45) is 2.19. The molecule has 382 valence electrons. The fourth-order valence-corrected chi connectivity index (χ4v) is 9.09. The SMILES string of the molecule is CCCC[C@@H]1NC(=O)[C@@H](CCC#N)OC(=O)[C@H](C)N(C)C(=O)[C@H](CC(C)C)NC(=O)[C@H](Cc2cn(Cc3ccc(Br)cc3)c3ccccc23)N(C)C(=O)[C@H](CC(C)C)NC(=O)[C@H](CC(C)C)N(C)C1=O. The summed E-state index contributed by atoms with van der Waals surface area (Å²) >= 11 is 3.51. The topological polar surface area (TPSA) is 203 Å². The molecule has 0 radical (unpaired) electrons. The van der Waals surface area contributed by atoms with E-state index >= 15 is 9.59 Å². The van der Waals surface area contributed by atoms with Gasteiger partial charge in [0, 0.05) is 68.5 Å². The first-order chi connectivity index (χ1) is 33.1. The lowest BCUT2D eigenvalue weighted by Gasteiger charge is -2.35. The average molecular weight is 1030 g/mol. The molecule has 0 unspecified atom stereocenters. The number of nitrogens with zero attached hydrogens (tertiary/aromatic N) is 5. The van der Waals surface area contributed by atoms with Crippen molar-refractivity contribution in [1.29, 1.82) is 5.26 Å². The smallest absolute Gasteiger partial charge is 0.329 e. The molecule has 1 saturated heterocycles. The predicted molar refractivity (Wildman–Crippen MR) is 273 cm³/mol. The summed E-state index contributed by atoms with van der Waals surface area (Å²) in [5, 5.41) is 19.1. The maximum atomic E-state index is 15.1. The summed E-state index contributed by atoms with van der Waals surface area (Å²) in [6.45, 7) is 15.4. The van der Waals surface area contributed by atoms with Crippen LogP contribution >= 0.6 is 15.9 Å². The van der Waals surface area contributed by atoms with E-state index in [1.807, 2.05) is 109 Å². The zero-order valence-electron chi connectivity index (χ0n) is 42.9. The second kappa shape index (κ2) is 26.4. The van der Waals surface area contributed by atoms with Crippen molar-refractivity contribution in [2.45, 2.75) is 162 Å². The summed E-state index contributed by atoms with van der Waals surface area (Å²) in [5.41, 5.74) is 2.73. The first-order valence-corrected chi connectivity index (χ1v) is 25.5. The Morgan fingerprint density at radius 2 is 1.21 bits per heavy atom. The van der Waals surface area contributed by atoms with Gasteiger partial charge in [-0.15, -0.1) is 0 Å². The van der Waals surface area contributed by atoms with E-state index in [-0.39, 0.29) is 62.7 Å². The zero-order chi connectivity index (χ0) is 52.0. The maximum absolute atomic E-state index is 15.1. The Kier molecular flexibility index (Phi) is 21.5. The van der Waals surface area contributed by atoms with Crippen LogP contribution in [0.3, 0.4) is 0 Å². The van der Waals surface area contributed by atoms with Crippen LogP contribution in [0.1, 0.15) is 118 Å². The monoisotopic (exact) mass is 1030 g/mol. The second-order valence-corrected chi connectivity index (χ2v) is 20.9. The van der Waals surface area contributed by atoms with Gasteiger partial charge >= 0.3 is 5.97 Å². The van der Waals surface area contributed by atoms with Gasteiger partial charge in [0.1, 0.15) is 36.3 Å². The number of likely N-dealkylation sites (N-methyl/N-ethyl adjacent to an activating group) is 3. The number of benzene rings is 2. The van der Waals surface area contributed by atoms with Crippen molar-refractivity contribution in [2.75, 3.05) is 21.1 Å². The highest BCUT2D eigenvalue weighted by Gasteiger charge is 2.40. The van der Waals surface area contributed by atoms with E-state index in [0.717, 1.165) is 31.4 Å². The van der Waals surface area contributed by atoms with Crippen molar-refractivity contribution in [3.05, 3.63) is 70.3 Å². The Hall–Kier alpha value is -5.76. The van der Waals surface area contributed by atoms with Crippen molar-refractivity contribution in [3.8, 4) is 6.07 Å². The normalized spacial score (nSPS) is 23.1. The number of hydrogen-bond acceptors (Lipinski definition) is 9. The minimum atomic E-state index is -1.49. The van der Waals surface area contributed by atoms with Crippen molar-refractivity contribution < 1.29 is 38.3 Å². The molecule has 4 rings (SSSR count). The molecule has 6 amide bonds. The van der Waals surface area contributed by atoms with Crippen LogP contribution in [0.5, 0.6) is 0 Å². The molecular weight excluding hydrogens is 957 g/mol. The first kappa shape index (κ1) is 56.8. The van der Waals surface area contributed by atoms with E-state index in [9.17, 15) is 29.2 Å². The van der Waals surface area contributed by atoms with Crippen LogP contribution in [0.2, 0.25) is 0 Å². The van der Waals surface area contributed by atoms with Crippen LogP contribution in [0.4, 0.5) is 0 Å². The Balaban J connectivity index is 1.91. The average Bonchev–Trinajstić information content (AvgIpc) is 3.66. The van der Waals surface area contributed by atoms with Crippen molar-refractivity contribution in [3.63, 3.8) is 0 Å². The second-order valence-electron chi connectivity index (χ2n) is 20.0. The van der Waals surface area contributed by atoms with Gasteiger partial charge in [0.05, 0.1) is 6.07 Å². The molecule has 0 saturated carbocycles. The molecule has 3 N–H and O–H groups in total. The van der Waals surface area contributed by atoms with Gasteiger partial charge in [0.25, 0.3) is 5.91 Å². The first-order valence-electron chi connectivity index (χ1n) is 24.7. The van der Waals surface area contributed by atoms with Gasteiger partial charge in [-0.2, -0.15) is 5.26 Å². The molecular formula is C53H75BrN8O8. The van der Waals surface area contributed by atoms with Crippen molar-refractivity contribution in [2.24, 2.45) is 17.8 Å². The number of cyclic esters (lactones) is 1. The maximum Gasteiger partial charge on any atom is 0.329 e. The van der Waals surface area contributed by atoms with Crippen LogP contribution in [0.25, 0.3) is 10.9 Å². The zero-order valence-corrected chi connectivity index (χ0v) is 44.5. The number of hydrogen-bond donors (Lipinski definition) is 3. The van der Waals surface area contributed by atoms with Gasteiger partial charge < -0.3 is 40.0 Å². The molecule has 7 atom stereocenters. The number of fused-ring (bicyclic) bond motifs is 1. The molecule has 2 aromatic carbocycles. The number of carbonyl (C=O) groups excluding carboxylic acids is 7. The molecule has 0 bridgehead atoms. The van der Waals surface area contributed by atoms with E-state index in [1.54, 1.807) is 0 Å². The van der Waals surface area contributed by atoms with Crippen LogP contribution in [-0.2, 0) is 51.3 Å². The van der Waals surface area contributed by atoms with E-state index in [4.69, 9.17) is 4.74 Å². The molecule has 0 spiro atoms. The van der Waals surface area contributed by atoms with Crippen LogP contribution in [-0.4, -0.2) is 124 Å². The van der Waals surface area contributed by atoms with E-state index in [2.05, 4.69) is 36.4 Å². The standard InChI is InChI=1S/C53H75BrN8O8/c1-12-13-18-40-50(66)60(10)44(28-34(6)7)47(63)58-42(27-33(4)5)52(68)61(11)45(29-37-31-62(43-19-15-14-17-39(37)43)30-36-21-23-38(54)24-22-36)48(64)57-41(26-32(2)3)51(67)59(9)35(8)53(69)70-46(20-16-25-55)49(65)56-40/h14-15,17,19,21-24,31-35,40-42,44-46H,12-13,16,18,20,26-30H2,1-11H3,(H,56,65)(H,57,64)(H,58,63)/t35-,40-,41-,42-,44-,45-,46+/m0/s1. The number of nitrogens with one attached hydrogen (secondary N) is 3. The number of ether oxygens (including phenoxy) is 1. The minimum absolute atomic E-state index is 0.0307. The lowest BCUT2D eigenvalue weighted by Crippen LogP contribution is -2.60. The van der Waals surface area contributed by atoms with Gasteiger partial charge in [-0.3, -0.25) is 28.8 Å². The number of unbranched alkanes of at least 4 members (excludes halogenated alkanes) is 1. The summed E-state index contributed by atoms with van der Waals surface area (Å²) in [5.74, 6) is -4.95. The summed E-state index contributed by atoms with van der Waals surface area (Å²) in [4.78, 5) is 106. The number of carbonyl (C=O) groups is 7. The summed E-state index contributed by atoms with van der Waals surface area (Å²) in [6, 6.07) is 10.8. The van der Waals surface area contributed by atoms with Crippen molar-refractivity contribution in [1.82, 2.24) is 35.2 Å². The highest BCUT2D eigenvalue weighted by atomic mass is 79.9. The largest absolute Gasteiger partial charge is 0.451 e. The molecule has 0 aliphatic carbocycles. The predicted octanol–water partition coefficient (Wildman–Crippen LogP) is 6.51. The van der Waals surface area contributed by atoms with E-state index in [0.29, 0.717) is 19.4 Å². The Labute approximate surface area is 422 Å². The Morgan fingerprint density at radius 1 is 0.686 bits per heavy atom. The van der Waals surface area contributed by atoms with Crippen LogP contribution < -0.4 is 16.0 Å². The minimum Gasteiger partial charge on any atom is -0.451 e. The highest BCUT2D eigenvalue weighted by Crippen LogP contribution is 2.27. The number of para-hydroxylation sites is 1. The summed E-state index contributed by atoms with van der Waals surface area (Å²) < 4.78 is 8.79. The summed E-state index contributed by atoms with van der Waals surface area (Å²) in [7, 11) is 4.42. The van der Waals surface area contributed by atoms with Gasteiger partial charge in [0.2, 0.25) is 29.5 Å². The number of nitriles is 1. The Morgan fingerprint density at radius 3 is 1.79 bits per heavy atom. The molecule has 17 heteroatoms. The number of rotatable bonds is 15. The number of aromatic nitrogens is 1. The molecule has 16 nitrogen and oxygen atoms in total. The number of amides is 6. The molecule has 1 aromatic heterocycles. The fourth-order valence-electron chi connectivity index (χ4n) is 8.83. The van der Waals surface area contributed by atoms with Gasteiger partial charge in [-0.05, 0) is 79.7 Å². The fraction of sp³-hybridized carbons (Fsp3) is 0.585. The molecule has 3 aromatic rings. The molecule has 1 fully saturated rings. The van der Waals surface area contributed by atoms with Crippen LogP contribution in [0, 0.1) is 29.1 Å². The quantitative estimate of drug-likeness (QED) is 0.142. The molecule has 1 aliphatic heterocycles. The van der Waals surface area contributed by atoms with E-state index < -0.39 is 83.8 Å². The molecule has 1 aliphatic rings. The van der Waals surface area contributed by atoms with Gasteiger partial charge in [0.15, 0.2) is 6.10 Å². The Bertz CT molecular complexity index is 2340. The van der Waals surface area contributed by atoms with Crippen LogP contribution in [0.15, 0.2) is 59.2 Å². The van der Waals surface area contributed by atoms with Gasteiger partial charge in [-0.1, -0.05) is 108 Å². The molecule has 2 heterocycles.